The molecule has 9 aromatic carbocycles. The normalized spacial score (nSPS) is 12.3. The van der Waals surface area contributed by atoms with E-state index in [0.29, 0.717) is 22.3 Å². The molecule has 0 amide bonds. The average Bonchev–Trinajstić information content (AvgIpc) is 4.18. The van der Waals surface area contributed by atoms with Crippen LogP contribution in [0.25, 0.3) is 130 Å². The van der Waals surface area contributed by atoms with Crippen LogP contribution in [0.2, 0.25) is 0 Å². The van der Waals surface area contributed by atoms with E-state index in [4.69, 9.17) is 0 Å². The largest absolute Gasteiger partial charge is 0.340 e. The number of hydrogen-bond donors (Lipinski definition) is 0. The first kappa shape index (κ1) is 47.4. The Labute approximate surface area is 439 Å². The summed E-state index contributed by atoms with van der Waals surface area (Å²) in [4.78, 5) is 53.6. The quantitative estimate of drug-likeness (QED) is 0.0902. The van der Waals surface area contributed by atoms with Crippen molar-refractivity contribution in [3.63, 3.8) is 0 Å². The van der Waals surface area contributed by atoms with Gasteiger partial charge in [-0.2, -0.15) is 0 Å². The number of unbranched alkanes of at least 4 members (excludes halogenated alkanes) is 4. The van der Waals surface area contributed by atoms with Crippen LogP contribution in [0, 0.1) is 0 Å². The second-order valence-electron chi connectivity index (χ2n) is 21.2. The second kappa shape index (κ2) is 18.8. The van der Waals surface area contributed by atoms with Gasteiger partial charge in [-0.1, -0.05) is 77.6 Å². The Morgan fingerprint density at radius 3 is 0.684 bits per heavy atom. The molecule has 0 saturated heterocycles. The molecule has 0 saturated carbocycles. The third kappa shape index (κ3) is 7.17. The minimum atomic E-state index is 0.606. The zero-order chi connectivity index (χ0) is 51.9. The first-order valence-electron chi connectivity index (χ1n) is 27.6. The van der Waals surface area contributed by atoms with Gasteiger partial charge < -0.3 is 18.3 Å². The molecule has 4 heterocycles. The maximum atomic E-state index is 13.4. The molecule has 0 atom stereocenters. The van der Waals surface area contributed by atoms with Gasteiger partial charge in [-0.05, 0) is 166 Å². The highest BCUT2D eigenvalue weighted by molar-refractivity contribution is 6.23. The number of hydrogen-bond acceptors (Lipinski definition) is 4. The summed E-state index contributed by atoms with van der Waals surface area (Å²) in [6, 6.07) is 43.4. The highest BCUT2D eigenvalue weighted by atomic mass is 16.1. The monoisotopic (exact) mass is 996 g/mol. The molecule has 8 heteroatoms. The summed E-state index contributed by atoms with van der Waals surface area (Å²) in [5.41, 5.74) is 10.7. The van der Waals surface area contributed by atoms with Crippen LogP contribution in [-0.2, 0) is 26.2 Å². The summed E-state index contributed by atoms with van der Waals surface area (Å²) in [7, 11) is 0. The molecule has 0 aliphatic heterocycles. The van der Waals surface area contributed by atoms with Gasteiger partial charge in [-0.3, -0.25) is 19.2 Å². The highest BCUT2D eigenvalue weighted by Crippen LogP contribution is 2.42. The van der Waals surface area contributed by atoms with Crippen molar-refractivity contribution in [2.24, 2.45) is 0 Å². The van der Waals surface area contributed by atoms with Crippen LogP contribution >= 0.6 is 0 Å². The Kier molecular flexibility index (Phi) is 11.7. The maximum absolute atomic E-state index is 13.4. The van der Waals surface area contributed by atoms with Crippen molar-refractivity contribution in [3.8, 4) is 0 Å². The van der Waals surface area contributed by atoms with Crippen molar-refractivity contribution in [2.45, 2.75) is 105 Å². The number of benzene rings is 8. The van der Waals surface area contributed by atoms with E-state index in [1.54, 1.807) is 0 Å². The standard InChI is InChI=1S/C68H60N4O4/c1-5-9-21-69-61-17-13-41-25-53(61)54-26-42(14-18-62(54)69)50-34-58-60-36-52(48(40-76)32-68(60)72(24-12-8-4)66(58)30-46(50)38-74)44-16-20-64-56(28-44)55-27-43(15-19-63(55)70(64)22-10-6-2)51-35-59-57-33-49(41)45(37-73)29-65(57)71(23-11-7-3)67(59)31-47(51)39-75/h13-20,25-40H,5-12,21-24H2,1-4H3. The van der Waals surface area contributed by atoms with Crippen LogP contribution in [0.5, 0.6) is 0 Å². The Morgan fingerprint density at radius 1 is 0.263 bits per heavy atom. The summed E-state index contributed by atoms with van der Waals surface area (Å²) in [5.74, 6) is 0. The lowest BCUT2D eigenvalue weighted by Crippen LogP contribution is -1.98. The smallest absolute Gasteiger partial charge is 0.150 e. The van der Waals surface area contributed by atoms with Gasteiger partial charge in [-0.25, -0.2) is 0 Å². The van der Waals surface area contributed by atoms with Crippen molar-refractivity contribution < 1.29 is 19.2 Å². The van der Waals surface area contributed by atoms with Crippen molar-refractivity contribution in [1.29, 1.82) is 0 Å². The minimum Gasteiger partial charge on any atom is -0.340 e. The molecule has 76 heavy (non-hydrogen) atoms. The van der Waals surface area contributed by atoms with Gasteiger partial charge in [0.2, 0.25) is 0 Å². The number of carbonyl (C=O) groups excluding carboxylic acids is 4. The molecular weight excluding hydrogens is 937 g/mol. The predicted octanol–water partition coefficient (Wildman–Crippen LogP) is 17.7. The summed E-state index contributed by atoms with van der Waals surface area (Å²) < 4.78 is 9.43. The molecule has 0 aliphatic rings. The van der Waals surface area contributed by atoms with Crippen LogP contribution < -0.4 is 0 Å². The molecule has 0 aliphatic carbocycles. The number of carbonyl (C=O) groups is 4. The number of fused-ring (bicyclic) bond motifs is 12. The minimum absolute atomic E-state index is 0.606. The van der Waals surface area contributed by atoms with Crippen molar-refractivity contribution in [3.05, 3.63) is 144 Å². The molecule has 16 bridgehead atoms. The fourth-order valence-corrected chi connectivity index (χ4v) is 12.9. The molecule has 0 unspecified atom stereocenters. The molecule has 8 nitrogen and oxygen atoms in total. The van der Waals surface area contributed by atoms with Crippen molar-refractivity contribution in [2.75, 3.05) is 0 Å². The van der Waals surface area contributed by atoms with E-state index in [2.05, 4.69) is 143 Å². The highest BCUT2D eigenvalue weighted by Gasteiger charge is 2.21. The van der Waals surface area contributed by atoms with Gasteiger partial charge in [0.1, 0.15) is 0 Å². The van der Waals surface area contributed by atoms with E-state index in [1.807, 2.05) is 24.3 Å². The maximum Gasteiger partial charge on any atom is 0.150 e. The topological polar surface area (TPSA) is 88.0 Å². The third-order valence-corrected chi connectivity index (χ3v) is 16.8. The molecular formula is C68H60N4O4. The zero-order valence-electron chi connectivity index (χ0n) is 43.8. The summed E-state index contributed by atoms with van der Waals surface area (Å²) >= 11 is 0. The molecule has 0 spiro atoms. The van der Waals surface area contributed by atoms with Crippen LogP contribution in [0.15, 0.2) is 121 Å². The van der Waals surface area contributed by atoms with Gasteiger partial charge in [0.15, 0.2) is 25.1 Å². The van der Waals surface area contributed by atoms with Crippen LogP contribution in [0.3, 0.4) is 0 Å². The Bertz CT molecular complexity index is 4100. The van der Waals surface area contributed by atoms with E-state index in [-0.39, 0.29) is 0 Å². The average molecular weight is 997 g/mol. The van der Waals surface area contributed by atoms with Crippen LogP contribution in [-0.4, -0.2) is 43.4 Å². The molecule has 4 aromatic heterocycles. The van der Waals surface area contributed by atoms with Gasteiger partial charge in [-0.15, -0.1) is 0 Å². The zero-order valence-corrected chi connectivity index (χ0v) is 43.8. The number of aromatic nitrogens is 4. The predicted molar refractivity (Wildman–Crippen MR) is 318 cm³/mol. The first-order chi connectivity index (χ1) is 37.3. The number of nitrogens with zero attached hydrogens (tertiary/aromatic N) is 4. The van der Waals surface area contributed by atoms with Gasteiger partial charge >= 0.3 is 0 Å². The summed E-state index contributed by atoms with van der Waals surface area (Å²) in [6.07, 6.45) is 11.9. The fourth-order valence-electron chi connectivity index (χ4n) is 12.9. The molecule has 13 aromatic rings. The summed E-state index contributed by atoms with van der Waals surface area (Å²) in [5, 5.41) is 15.6. The van der Waals surface area contributed by atoms with Gasteiger partial charge in [0.25, 0.3) is 0 Å². The van der Waals surface area contributed by atoms with E-state index in [9.17, 15) is 19.2 Å². The van der Waals surface area contributed by atoms with Crippen LogP contribution in [0.4, 0.5) is 0 Å². The Morgan fingerprint density at radius 2 is 0.474 bits per heavy atom. The molecule has 376 valence electrons. The molecule has 0 N–H and O–H groups in total. The Balaban J connectivity index is 1.25. The molecule has 13 rings (SSSR count). The fraction of sp³-hybridized carbons (Fsp3) is 0.235. The van der Waals surface area contributed by atoms with Crippen molar-refractivity contribution in [1.82, 2.24) is 18.3 Å². The lowest BCUT2D eigenvalue weighted by atomic mass is 9.98. The van der Waals surface area contributed by atoms with E-state index in [0.717, 1.165) is 233 Å². The van der Waals surface area contributed by atoms with E-state index >= 15 is 0 Å². The Hall–Kier alpha value is -8.36. The second-order valence-corrected chi connectivity index (χ2v) is 21.2. The lowest BCUT2D eigenvalue weighted by molar-refractivity contribution is 0.111. The number of rotatable bonds is 16. The third-order valence-electron chi connectivity index (χ3n) is 16.8. The lowest BCUT2D eigenvalue weighted by Gasteiger charge is -2.09. The molecule has 0 radical (unpaired) electrons. The van der Waals surface area contributed by atoms with E-state index < -0.39 is 0 Å². The molecule has 0 fully saturated rings. The van der Waals surface area contributed by atoms with Crippen LogP contribution in [0.1, 0.15) is 120 Å². The number of aldehydes is 4. The number of aryl methyl sites for hydroxylation is 4. The van der Waals surface area contributed by atoms with Gasteiger partial charge in [0.05, 0.1) is 0 Å². The summed E-state index contributed by atoms with van der Waals surface area (Å²) in [6.45, 7) is 12.0. The van der Waals surface area contributed by atoms with Gasteiger partial charge in [0, 0.05) is 136 Å². The first-order valence-corrected chi connectivity index (χ1v) is 27.6. The van der Waals surface area contributed by atoms with E-state index in [1.165, 1.54) is 0 Å². The van der Waals surface area contributed by atoms with Crippen molar-refractivity contribution >= 4 is 155 Å². The SMILES string of the molecule is CCCCn1c2ccc3cc2c2cc(ccc21)c1cc2c4cc(c(C=O)cc4n(CCCC)c2cc1C=O)c1ccc2c(c1)c1cc(ccc1n2CCCC)c1cc2c4cc3c(C=O)cc4n(CCCC)c2cc1C=O.